The summed E-state index contributed by atoms with van der Waals surface area (Å²) in [5.74, 6) is -0.176. The van der Waals surface area contributed by atoms with E-state index in [0.29, 0.717) is 37.1 Å². The second kappa shape index (κ2) is 6.08. The van der Waals surface area contributed by atoms with E-state index >= 15 is 0 Å². The molecule has 5 heteroatoms. The minimum absolute atomic E-state index is 0.0985. The third kappa shape index (κ3) is 2.96. The highest BCUT2D eigenvalue weighted by atomic mass is 16.2. The van der Waals surface area contributed by atoms with Crippen molar-refractivity contribution in [1.82, 2.24) is 4.90 Å². The predicted octanol–water partition coefficient (Wildman–Crippen LogP) is 1.94. The lowest BCUT2D eigenvalue weighted by Gasteiger charge is -2.25. The maximum atomic E-state index is 12.4. The summed E-state index contributed by atoms with van der Waals surface area (Å²) in [5, 5.41) is 0. The zero-order chi connectivity index (χ0) is 15.6. The van der Waals surface area contributed by atoms with Gasteiger partial charge >= 0.3 is 0 Å². The first kappa shape index (κ1) is 15.2. The summed E-state index contributed by atoms with van der Waals surface area (Å²) in [4.78, 5) is 37.3. The van der Waals surface area contributed by atoms with Crippen LogP contribution in [0.25, 0.3) is 0 Å². The van der Waals surface area contributed by atoms with E-state index in [0.717, 1.165) is 5.56 Å². The zero-order valence-electron chi connectivity index (χ0n) is 12.4. The van der Waals surface area contributed by atoms with Crippen molar-refractivity contribution in [2.75, 3.05) is 5.73 Å². The van der Waals surface area contributed by atoms with Gasteiger partial charge < -0.3 is 10.6 Å². The average Bonchev–Trinajstić information content (AvgIpc) is 2.78. The van der Waals surface area contributed by atoms with Gasteiger partial charge in [-0.1, -0.05) is 13.0 Å². The first-order valence-corrected chi connectivity index (χ1v) is 7.16. The number of Topliss-reactive ketones (excluding diaryl/α,β-unsaturated/α-hetero) is 2. The quantitative estimate of drug-likeness (QED) is 0.811. The number of anilines is 1. The lowest BCUT2D eigenvalue weighted by Crippen LogP contribution is -2.40. The lowest BCUT2D eigenvalue weighted by atomic mass is 10.0. The normalized spacial score (nSPS) is 15.0. The molecule has 1 heterocycles. The second-order valence-electron chi connectivity index (χ2n) is 5.36. The van der Waals surface area contributed by atoms with Crippen LogP contribution in [0, 0.1) is 0 Å². The minimum atomic E-state index is -0.556. The smallest absolute Gasteiger partial charge is 0.255 e. The van der Waals surface area contributed by atoms with Gasteiger partial charge in [0.2, 0.25) is 0 Å². The van der Waals surface area contributed by atoms with Crippen molar-refractivity contribution < 1.29 is 14.4 Å². The number of nitrogens with zero attached hydrogens (tertiary/aromatic N) is 1. The van der Waals surface area contributed by atoms with Crippen molar-refractivity contribution >= 4 is 23.2 Å². The molecule has 112 valence electrons. The summed E-state index contributed by atoms with van der Waals surface area (Å²) in [6.45, 7) is 3.59. The van der Waals surface area contributed by atoms with Crippen molar-refractivity contribution in [1.29, 1.82) is 0 Å². The summed E-state index contributed by atoms with van der Waals surface area (Å²) in [7, 11) is 0. The Hall–Kier alpha value is -2.17. The van der Waals surface area contributed by atoms with Crippen LogP contribution in [0.2, 0.25) is 0 Å². The fraction of sp³-hybridized carbons (Fsp3) is 0.438. The molecule has 0 spiro atoms. The molecule has 5 nitrogen and oxygen atoms in total. The van der Waals surface area contributed by atoms with Gasteiger partial charge in [0, 0.05) is 36.2 Å². The lowest BCUT2D eigenvalue weighted by molar-refractivity contribution is -0.122. The van der Waals surface area contributed by atoms with Crippen LogP contribution in [-0.2, 0) is 16.1 Å². The van der Waals surface area contributed by atoms with Gasteiger partial charge in [0.15, 0.2) is 5.78 Å². The number of nitrogens with two attached hydrogens (primary N) is 1. The maximum Gasteiger partial charge on any atom is 0.255 e. The molecule has 1 aliphatic rings. The van der Waals surface area contributed by atoms with Crippen LogP contribution < -0.4 is 5.73 Å². The summed E-state index contributed by atoms with van der Waals surface area (Å²) in [6, 6.07) is 4.65. The SMILES string of the molecule is CCC(=O)CCC(C(C)=O)N1Cc2c(N)cccc2C1=O. The van der Waals surface area contributed by atoms with E-state index in [1.54, 1.807) is 25.1 Å². The molecule has 21 heavy (non-hydrogen) atoms. The molecule has 1 atom stereocenters. The fourth-order valence-corrected chi connectivity index (χ4v) is 2.68. The molecule has 0 radical (unpaired) electrons. The molecule has 1 aromatic carbocycles. The third-order valence-corrected chi connectivity index (χ3v) is 3.97. The molecule has 1 aliphatic heterocycles. The monoisotopic (exact) mass is 288 g/mol. The van der Waals surface area contributed by atoms with Crippen LogP contribution in [0.3, 0.4) is 0 Å². The number of carbonyl (C=O) groups is 3. The molecule has 0 saturated heterocycles. The van der Waals surface area contributed by atoms with Gasteiger partial charge in [0.1, 0.15) is 5.78 Å². The van der Waals surface area contributed by atoms with Crippen molar-refractivity contribution in [3.05, 3.63) is 29.3 Å². The molecule has 1 aromatic rings. The maximum absolute atomic E-state index is 12.4. The first-order chi connectivity index (χ1) is 9.95. The number of carbonyl (C=O) groups excluding carboxylic acids is 3. The van der Waals surface area contributed by atoms with Gasteiger partial charge in [-0.2, -0.15) is 0 Å². The van der Waals surface area contributed by atoms with E-state index in [1.165, 1.54) is 11.8 Å². The summed E-state index contributed by atoms with van der Waals surface area (Å²) in [5.41, 5.74) is 7.80. The van der Waals surface area contributed by atoms with Crippen molar-refractivity contribution in [3.63, 3.8) is 0 Å². The molecule has 0 bridgehead atoms. The van der Waals surface area contributed by atoms with Crippen molar-refractivity contribution in [2.45, 2.75) is 45.7 Å². The Balaban J connectivity index is 2.20. The molecular weight excluding hydrogens is 268 g/mol. The molecule has 0 saturated carbocycles. The number of benzene rings is 1. The van der Waals surface area contributed by atoms with Crippen molar-refractivity contribution in [3.8, 4) is 0 Å². The number of ketones is 2. The number of hydrogen-bond donors (Lipinski definition) is 1. The summed E-state index contributed by atoms with van der Waals surface area (Å²) in [6.07, 6.45) is 1.14. The van der Waals surface area contributed by atoms with Gasteiger partial charge in [-0.3, -0.25) is 14.4 Å². The molecule has 0 fully saturated rings. The Morgan fingerprint density at radius 1 is 1.38 bits per heavy atom. The van der Waals surface area contributed by atoms with Crippen LogP contribution in [0.15, 0.2) is 18.2 Å². The largest absolute Gasteiger partial charge is 0.398 e. The predicted molar refractivity (Wildman–Crippen MR) is 79.7 cm³/mol. The van der Waals surface area contributed by atoms with Crippen LogP contribution in [0.4, 0.5) is 5.69 Å². The topological polar surface area (TPSA) is 80.5 Å². The number of nitrogen functional groups attached to an aromatic ring is 1. The molecule has 2 N–H and O–H groups in total. The average molecular weight is 288 g/mol. The highest BCUT2D eigenvalue weighted by Crippen LogP contribution is 2.30. The van der Waals surface area contributed by atoms with Gasteiger partial charge in [-0.05, 0) is 25.5 Å². The number of fused-ring (bicyclic) bond motifs is 1. The van der Waals surface area contributed by atoms with Gasteiger partial charge in [0.25, 0.3) is 5.91 Å². The molecule has 2 rings (SSSR count). The Morgan fingerprint density at radius 2 is 2.10 bits per heavy atom. The molecular formula is C16H20N2O3. The van der Waals surface area contributed by atoms with Crippen molar-refractivity contribution in [2.24, 2.45) is 0 Å². The Labute approximate surface area is 124 Å². The first-order valence-electron chi connectivity index (χ1n) is 7.16. The molecule has 1 amide bonds. The van der Waals surface area contributed by atoms with E-state index in [1.807, 2.05) is 0 Å². The van der Waals surface area contributed by atoms with Gasteiger partial charge in [-0.25, -0.2) is 0 Å². The second-order valence-corrected chi connectivity index (χ2v) is 5.36. The van der Waals surface area contributed by atoms with Gasteiger partial charge in [-0.15, -0.1) is 0 Å². The number of amides is 1. The Morgan fingerprint density at radius 3 is 2.67 bits per heavy atom. The zero-order valence-corrected chi connectivity index (χ0v) is 12.4. The highest BCUT2D eigenvalue weighted by molar-refractivity contribution is 6.02. The van der Waals surface area contributed by atoms with Crippen LogP contribution in [-0.4, -0.2) is 28.4 Å². The fourth-order valence-electron chi connectivity index (χ4n) is 2.68. The summed E-state index contributed by atoms with van der Waals surface area (Å²) < 4.78 is 0. The molecule has 0 aromatic heterocycles. The van der Waals surface area contributed by atoms with E-state index in [4.69, 9.17) is 5.73 Å². The van der Waals surface area contributed by atoms with E-state index in [2.05, 4.69) is 0 Å². The van der Waals surface area contributed by atoms with Crippen LogP contribution in [0.5, 0.6) is 0 Å². The van der Waals surface area contributed by atoms with Crippen LogP contribution in [0.1, 0.15) is 49.0 Å². The standard InChI is InChI=1S/C16H20N2O3/c1-3-11(20)7-8-15(10(2)19)18-9-13-12(16(18)21)5-4-6-14(13)17/h4-6,15H,3,7-9,17H2,1-2H3. The Bertz CT molecular complexity index is 595. The minimum Gasteiger partial charge on any atom is -0.398 e. The van der Waals surface area contributed by atoms with E-state index in [-0.39, 0.29) is 17.5 Å². The molecule has 0 aliphatic carbocycles. The molecule has 1 unspecified atom stereocenters. The highest BCUT2D eigenvalue weighted by Gasteiger charge is 2.35. The third-order valence-electron chi connectivity index (χ3n) is 3.97. The van der Waals surface area contributed by atoms with E-state index < -0.39 is 6.04 Å². The van der Waals surface area contributed by atoms with Crippen LogP contribution >= 0.6 is 0 Å². The number of hydrogen-bond acceptors (Lipinski definition) is 4. The Kier molecular flexibility index (Phi) is 4.40. The number of rotatable bonds is 6. The van der Waals surface area contributed by atoms with Gasteiger partial charge in [0.05, 0.1) is 6.04 Å². The summed E-state index contributed by atoms with van der Waals surface area (Å²) >= 11 is 0. The van der Waals surface area contributed by atoms with E-state index in [9.17, 15) is 14.4 Å².